The smallest absolute Gasteiger partial charge is 0.0994 e. The highest BCUT2D eigenvalue weighted by Gasteiger charge is 2.19. The molecule has 0 aliphatic carbocycles. The van der Waals surface area contributed by atoms with E-state index in [4.69, 9.17) is 17.3 Å². The summed E-state index contributed by atoms with van der Waals surface area (Å²) in [6.07, 6.45) is 3.73. The van der Waals surface area contributed by atoms with Gasteiger partial charge in [-0.05, 0) is 30.5 Å². The summed E-state index contributed by atoms with van der Waals surface area (Å²) in [4.78, 5) is 4.28. The van der Waals surface area contributed by atoms with Gasteiger partial charge in [0.25, 0.3) is 0 Å². The van der Waals surface area contributed by atoms with Crippen LogP contribution >= 0.6 is 11.6 Å². The molecule has 1 heterocycles. The van der Waals surface area contributed by atoms with Crippen molar-refractivity contribution in [1.29, 1.82) is 0 Å². The minimum absolute atomic E-state index is 0.292. The van der Waals surface area contributed by atoms with E-state index in [1.807, 2.05) is 31.6 Å². The Morgan fingerprint density at radius 2 is 2.11 bits per heavy atom. The fraction of sp³-hybridized carbons (Fsp3) is 0.400. The number of halogens is 1. The number of aromatic nitrogens is 2. The maximum atomic E-state index is 6.20. The first-order chi connectivity index (χ1) is 9.06. The molecule has 1 aromatic heterocycles. The van der Waals surface area contributed by atoms with Gasteiger partial charge in [0, 0.05) is 29.4 Å². The summed E-state index contributed by atoms with van der Waals surface area (Å²) in [6.45, 7) is 7.00. The highest BCUT2D eigenvalue weighted by Crippen LogP contribution is 2.28. The van der Waals surface area contributed by atoms with Crippen LogP contribution in [0, 0.1) is 12.8 Å². The fourth-order valence-electron chi connectivity index (χ4n) is 2.37. The zero-order valence-electron chi connectivity index (χ0n) is 11.6. The number of rotatable bonds is 4. The summed E-state index contributed by atoms with van der Waals surface area (Å²) in [7, 11) is 0. The van der Waals surface area contributed by atoms with E-state index in [9.17, 15) is 0 Å². The molecule has 102 valence electrons. The van der Waals surface area contributed by atoms with Crippen LogP contribution in [0.3, 0.4) is 0 Å². The minimum atomic E-state index is 0.292. The van der Waals surface area contributed by atoms with Crippen molar-refractivity contribution in [1.82, 2.24) is 9.55 Å². The normalized spacial score (nSPS) is 12.9. The molecule has 0 spiro atoms. The third-order valence-corrected chi connectivity index (χ3v) is 4.01. The zero-order chi connectivity index (χ0) is 14.0. The standard InChI is InChI=1S/C15H20ClN3/c1-10(2)12(7-17)15-8-18-9-19(15)14-6-4-5-13(16)11(14)3/h4-6,8-10,12H,7,17H2,1-3H3. The molecule has 3 nitrogen and oxygen atoms in total. The first kappa shape index (κ1) is 14.1. The second kappa shape index (κ2) is 5.76. The summed E-state index contributed by atoms with van der Waals surface area (Å²) >= 11 is 6.20. The second-order valence-corrected chi connectivity index (χ2v) is 5.57. The van der Waals surface area contributed by atoms with Gasteiger partial charge in [-0.25, -0.2) is 4.98 Å². The Balaban J connectivity index is 2.53. The molecule has 0 fully saturated rings. The first-order valence-corrected chi connectivity index (χ1v) is 6.91. The topological polar surface area (TPSA) is 43.8 Å². The first-order valence-electron chi connectivity index (χ1n) is 6.54. The summed E-state index contributed by atoms with van der Waals surface area (Å²) in [5.74, 6) is 0.765. The lowest BCUT2D eigenvalue weighted by molar-refractivity contribution is 0.489. The third kappa shape index (κ3) is 2.67. The van der Waals surface area contributed by atoms with Crippen LogP contribution in [0.25, 0.3) is 5.69 Å². The number of nitrogens with zero attached hydrogens (tertiary/aromatic N) is 2. The van der Waals surface area contributed by atoms with Gasteiger partial charge in [-0.2, -0.15) is 0 Å². The third-order valence-electron chi connectivity index (χ3n) is 3.60. The molecule has 4 heteroatoms. The molecular formula is C15H20ClN3. The van der Waals surface area contributed by atoms with E-state index in [1.165, 1.54) is 0 Å². The largest absolute Gasteiger partial charge is 0.330 e. The molecule has 0 saturated carbocycles. The quantitative estimate of drug-likeness (QED) is 0.929. The van der Waals surface area contributed by atoms with Gasteiger partial charge in [-0.15, -0.1) is 0 Å². The molecule has 1 atom stereocenters. The van der Waals surface area contributed by atoms with Gasteiger partial charge in [0.05, 0.1) is 12.0 Å². The van der Waals surface area contributed by atoms with Crippen LogP contribution < -0.4 is 5.73 Å². The van der Waals surface area contributed by atoms with E-state index in [0.29, 0.717) is 18.4 Å². The molecule has 19 heavy (non-hydrogen) atoms. The maximum Gasteiger partial charge on any atom is 0.0994 e. The van der Waals surface area contributed by atoms with Gasteiger partial charge in [-0.1, -0.05) is 31.5 Å². The molecule has 1 unspecified atom stereocenters. The molecule has 0 saturated heterocycles. The molecule has 2 N–H and O–H groups in total. The molecule has 1 aromatic carbocycles. The van der Waals surface area contributed by atoms with Crippen LogP contribution in [0.5, 0.6) is 0 Å². The highest BCUT2D eigenvalue weighted by atomic mass is 35.5. The van der Waals surface area contributed by atoms with Crippen LogP contribution in [0.1, 0.15) is 31.0 Å². The lowest BCUT2D eigenvalue weighted by Gasteiger charge is -2.21. The Labute approximate surface area is 119 Å². The van der Waals surface area contributed by atoms with Crippen LogP contribution in [0.2, 0.25) is 5.02 Å². The van der Waals surface area contributed by atoms with Crippen LogP contribution in [-0.2, 0) is 0 Å². The predicted molar refractivity (Wildman–Crippen MR) is 79.9 cm³/mol. The number of imidazole rings is 1. The van der Waals surface area contributed by atoms with Crippen molar-refractivity contribution >= 4 is 11.6 Å². The van der Waals surface area contributed by atoms with Crippen molar-refractivity contribution < 1.29 is 0 Å². The SMILES string of the molecule is Cc1c(Cl)cccc1-n1cncc1C(CN)C(C)C. The Hall–Kier alpha value is -1.32. The molecule has 2 aromatic rings. The molecule has 2 rings (SSSR count). The van der Waals surface area contributed by atoms with E-state index in [2.05, 4.69) is 29.5 Å². The van der Waals surface area contributed by atoms with Crippen molar-refractivity contribution in [3.63, 3.8) is 0 Å². The van der Waals surface area contributed by atoms with Gasteiger partial charge in [0.2, 0.25) is 0 Å². The second-order valence-electron chi connectivity index (χ2n) is 5.16. The fourth-order valence-corrected chi connectivity index (χ4v) is 2.54. The Kier molecular flexibility index (Phi) is 4.27. The Morgan fingerprint density at radius 3 is 2.74 bits per heavy atom. The number of hydrogen-bond acceptors (Lipinski definition) is 2. The highest BCUT2D eigenvalue weighted by molar-refractivity contribution is 6.31. The van der Waals surface area contributed by atoms with Gasteiger partial charge < -0.3 is 10.3 Å². The zero-order valence-corrected chi connectivity index (χ0v) is 12.4. The summed E-state index contributed by atoms with van der Waals surface area (Å²) in [5, 5.41) is 0.769. The van der Waals surface area contributed by atoms with E-state index in [1.54, 1.807) is 0 Å². The van der Waals surface area contributed by atoms with Crippen molar-refractivity contribution in [2.45, 2.75) is 26.7 Å². The van der Waals surface area contributed by atoms with E-state index < -0.39 is 0 Å². The molecule has 0 bridgehead atoms. The predicted octanol–water partition coefficient (Wildman–Crippen LogP) is 3.53. The Bertz CT molecular complexity index is 560. The van der Waals surface area contributed by atoms with Crippen LogP contribution in [-0.4, -0.2) is 16.1 Å². The number of nitrogens with two attached hydrogens (primary N) is 1. The molecule has 0 aliphatic rings. The maximum absolute atomic E-state index is 6.20. The van der Waals surface area contributed by atoms with Crippen molar-refractivity contribution in [3.8, 4) is 5.69 Å². The summed E-state index contributed by atoms with van der Waals surface area (Å²) in [5.41, 5.74) is 9.18. The van der Waals surface area contributed by atoms with Crippen molar-refractivity contribution in [2.24, 2.45) is 11.7 Å². The molecule has 0 radical (unpaired) electrons. The van der Waals surface area contributed by atoms with Crippen LogP contribution in [0.15, 0.2) is 30.7 Å². The molecule has 0 amide bonds. The van der Waals surface area contributed by atoms with Gasteiger partial charge >= 0.3 is 0 Å². The average molecular weight is 278 g/mol. The number of hydrogen-bond donors (Lipinski definition) is 1. The van der Waals surface area contributed by atoms with E-state index >= 15 is 0 Å². The molecule has 0 aliphatic heterocycles. The molecular weight excluding hydrogens is 258 g/mol. The Morgan fingerprint density at radius 1 is 1.37 bits per heavy atom. The average Bonchev–Trinajstić information content (AvgIpc) is 2.82. The van der Waals surface area contributed by atoms with E-state index in [0.717, 1.165) is 22.0 Å². The lowest BCUT2D eigenvalue weighted by Crippen LogP contribution is -2.20. The van der Waals surface area contributed by atoms with Crippen LogP contribution in [0.4, 0.5) is 0 Å². The van der Waals surface area contributed by atoms with Gasteiger partial charge in [0.15, 0.2) is 0 Å². The van der Waals surface area contributed by atoms with E-state index in [-0.39, 0.29) is 0 Å². The van der Waals surface area contributed by atoms with Gasteiger partial charge in [0.1, 0.15) is 0 Å². The van der Waals surface area contributed by atoms with Crippen molar-refractivity contribution in [3.05, 3.63) is 47.0 Å². The summed E-state index contributed by atoms with van der Waals surface area (Å²) < 4.78 is 2.10. The minimum Gasteiger partial charge on any atom is -0.330 e. The van der Waals surface area contributed by atoms with Gasteiger partial charge in [-0.3, -0.25) is 0 Å². The number of benzene rings is 1. The lowest BCUT2D eigenvalue weighted by atomic mass is 9.93. The summed E-state index contributed by atoms with van der Waals surface area (Å²) in [6, 6.07) is 5.92. The van der Waals surface area contributed by atoms with Crippen molar-refractivity contribution in [2.75, 3.05) is 6.54 Å². The monoisotopic (exact) mass is 277 g/mol.